The summed E-state index contributed by atoms with van der Waals surface area (Å²) in [6, 6.07) is 3.85. The molecule has 120 valence electrons. The van der Waals surface area contributed by atoms with E-state index < -0.39 is 0 Å². The van der Waals surface area contributed by atoms with Gasteiger partial charge in [0.2, 0.25) is 5.91 Å². The standard InChI is InChI=1S/C16H19N5O2/c1-11-7-14(16(23)20-6-5-15(22)18-10-20)19-21(9-11)13-4-3-12(2)17-8-13/h3-4,7-8H,5-6,9-10H2,1-2H3,(H,18,22). The van der Waals surface area contributed by atoms with Gasteiger partial charge in [-0.15, -0.1) is 0 Å². The molecule has 1 N–H and O–H groups in total. The molecule has 7 nitrogen and oxygen atoms in total. The summed E-state index contributed by atoms with van der Waals surface area (Å²) in [5.74, 6) is -0.201. The maximum atomic E-state index is 12.6. The number of amides is 2. The number of rotatable bonds is 2. The molecule has 0 atom stereocenters. The van der Waals surface area contributed by atoms with E-state index in [0.29, 0.717) is 25.2 Å². The van der Waals surface area contributed by atoms with Crippen LogP contribution in [0.3, 0.4) is 0 Å². The van der Waals surface area contributed by atoms with E-state index >= 15 is 0 Å². The Morgan fingerprint density at radius 2 is 2.13 bits per heavy atom. The van der Waals surface area contributed by atoms with Gasteiger partial charge in [0.1, 0.15) is 5.71 Å². The fourth-order valence-corrected chi connectivity index (χ4v) is 2.50. The van der Waals surface area contributed by atoms with E-state index in [2.05, 4.69) is 15.4 Å². The first-order chi connectivity index (χ1) is 11.0. The normalized spacial score (nSPS) is 18.3. The molecule has 3 rings (SSSR count). The third kappa shape index (κ3) is 3.39. The van der Waals surface area contributed by atoms with Crippen molar-refractivity contribution in [2.75, 3.05) is 24.8 Å². The van der Waals surface area contributed by atoms with Gasteiger partial charge in [-0.3, -0.25) is 19.6 Å². The van der Waals surface area contributed by atoms with Crippen LogP contribution < -0.4 is 10.3 Å². The largest absolute Gasteiger partial charge is 0.338 e. The topological polar surface area (TPSA) is 77.9 Å². The molecule has 2 aliphatic heterocycles. The molecule has 0 radical (unpaired) electrons. The molecule has 0 unspecified atom stereocenters. The van der Waals surface area contributed by atoms with E-state index in [-0.39, 0.29) is 18.5 Å². The number of carbonyl (C=O) groups excluding carboxylic acids is 2. The second-order valence-electron chi connectivity index (χ2n) is 5.77. The molecule has 2 aliphatic rings. The second kappa shape index (κ2) is 6.20. The third-order valence-corrected chi connectivity index (χ3v) is 3.79. The number of pyridine rings is 1. The van der Waals surface area contributed by atoms with Gasteiger partial charge >= 0.3 is 0 Å². The van der Waals surface area contributed by atoms with Gasteiger partial charge in [0.25, 0.3) is 5.91 Å². The Labute approximate surface area is 134 Å². The molecule has 1 saturated heterocycles. The van der Waals surface area contributed by atoms with Gasteiger partial charge in [-0.05, 0) is 37.6 Å². The molecule has 23 heavy (non-hydrogen) atoms. The summed E-state index contributed by atoms with van der Waals surface area (Å²) in [5, 5.41) is 8.91. The summed E-state index contributed by atoms with van der Waals surface area (Å²) in [7, 11) is 0. The van der Waals surface area contributed by atoms with Crippen LogP contribution >= 0.6 is 0 Å². The maximum absolute atomic E-state index is 12.6. The number of nitrogens with one attached hydrogen (secondary N) is 1. The lowest BCUT2D eigenvalue weighted by atomic mass is 10.1. The van der Waals surface area contributed by atoms with E-state index in [0.717, 1.165) is 17.0 Å². The fraction of sp³-hybridized carbons (Fsp3) is 0.375. The van der Waals surface area contributed by atoms with Gasteiger partial charge in [0.05, 0.1) is 25.1 Å². The Morgan fingerprint density at radius 3 is 2.78 bits per heavy atom. The first-order valence-electron chi connectivity index (χ1n) is 7.55. The van der Waals surface area contributed by atoms with Crippen molar-refractivity contribution in [2.24, 2.45) is 5.10 Å². The van der Waals surface area contributed by atoms with Crippen LogP contribution in [0.25, 0.3) is 0 Å². The Hall–Kier alpha value is -2.70. The monoisotopic (exact) mass is 313 g/mol. The molecule has 7 heteroatoms. The minimum Gasteiger partial charge on any atom is -0.338 e. The molecular formula is C16H19N5O2. The smallest absolute Gasteiger partial charge is 0.275 e. The van der Waals surface area contributed by atoms with E-state index in [9.17, 15) is 9.59 Å². The molecule has 3 heterocycles. The average molecular weight is 313 g/mol. The van der Waals surface area contributed by atoms with Crippen LogP contribution in [0.15, 0.2) is 35.1 Å². The lowest BCUT2D eigenvalue weighted by Crippen LogP contribution is -2.50. The molecule has 0 saturated carbocycles. The molecular weight excluding hydrogens is 294 g/mol. The van der Waals surface area contributed by atoms with Crippen molar-refractivity contribution in [1.82, 2.24) is 15.2 Å². The Kier molecular flexibility index (Phi) is 4.10. The number of aromatic nitrogens is 1. The van der Waals surface area contributed by atoms with Crippen molar-refractivity contribution in [2.45, 2.75) is 20.3 Å². The van der Waals surface area contributed by atoms with Gasteiger partial charge in [0, 0.05) is 18.7 Å². The quantitative estimate of drug-likeness (QED) is 0.877. The number of carbonyl (C=O) groups is 2. The predicted molar refractivity (Wildman–Crippen MR) is 86.9 cm³/mol. The molecule has 0 bridgehead atoms. The summed E-state index contributed by atoms with van der Waals surface area (Å²) in [6.07, 6.45) is 3.88. The van der Waals surface area contributed by atoms with Gasteiger partial charge in [0.15, 0.2) is 0 Å². The van der Waals surface area contributed by atoms with Crippen molar-refractivity contribution in [3.05, 3.63) is 35.7 Å². The zero-order valence-electron chi connectivity index (χ0n) is 13.2. The minimum atomic E-state index is -0.172. The lowest BCUT2D eigenvalue weighted by molar-refractivity contribution is -0.131. The number of anilines is 1. The van der Waals surface area contributed by atoms with Crippen LogP contribution in [0.1, 0.15) is 19.0 Å². The Bertz CT molecular complexity index is 683. The zero-order valence-corrected chi connectivity index (χ0v) is 13.2. The van der Waals surface area contributed by atoms with Crippen molar-refractivity contribution >= 4 is 23.2 Å². The van der Waals surface area contributed by atoms with Crippen molar-refractivity contribution in [3.8, 4) is 0 Å². The van der Waals surface area contributed by atoms with Gasteiger partial charge in [-0.1, -0.05) is 0 Å². The van der Waals surface area contributed by atoms with Crippen LogP contribution in [0.4, 0.5) is 5.69 Å². The molecule has 0 aliphatic carbocycles. The number of hydrazone groups is 1. The zero-order chi connectivity index (χ0) is 16.4. The number of hydrogen-bond donors (Lipinski definition) is 1. The lowest BCUT2D eigenvalue weighted by Gasteiger charge is -2.29. The summed E-state index contributed by atoms with van der Waals surface area (Å²) < 4.78 is 0. The number of hydrogen-bond acceptors (Lipinski definition) is 5. The summed E-state index contributed by atoms with van der Waals surface area (Å²) in [5.41, 5.74) is 3.21. The van der Waals surface area contributed by atoms with Gasteiger partial charge < -0.3 is 10.2 Å². The van der Waals surface area contributed by atoms with Crippen LogP contribution in [0.2, 0.25) is 0 Å². The molecule has 0 aromatic carbocycles. The average Bonchev–Trinajstić information content (AvgIpc) is 2.55. The maximum Gasteiger partial charge on any atom is 0.275 e. The van der Waals surface area contributed by atoms with E-state index in [4.69, 9.17) is 0 Å². The highest BCUT2D eigenvalue weighted by Gasteiger charge is 2.26. The van der Waals surface area contributed by atoms with E-state index in [1.165, 1.54) is 0 Å². The number of aryl methyl sites for hydroxylation is 1. The second-order valence-corrected chi connectivity index (χ2v) is 5.77. The van der Waals surface area contributed by atoms with Crippen molar-refractivity contribution < 1.29 is 9.59 Å². The minimum absolute atomic E-state index is 0.0290. The molecule has 1 fully saturated rings. The van der Waals surface area contributed by atoms with Crippen LogP contribution in [0, 0.1) is 6.92 Å². The fourth-order valence-electron chi connectivity index (χ4n) is 2.50. The molecule has 2 amide bonds. The Balaban J connectivity index is 1.80. The van der Waals surface area contributed by atoms with Crippen LogP contribution in [-0.4, -0.2) is 47.2 Å². The van der Waals surface area contributed by atoms with Crippen molar-refractivity contribution in [3.63, 3.8) is 0 Å². The first kappa shape index (κ1) is 15.2. The van der Waals surface area contributed by atoms with E-state index in [1.54, 1.807) is 22.2 Å². The highest BCUT2D eigenvalue weighted by Crippen LogP contribution is 2.19. The summed E-state index contributed by atoms with van der Waals surface area (Å²) >= 11 is 0. The SMILES string of the molecule is CC1=CC(C(=O)N2CCC(=O)NC2)=NN(c2ccc(C)nc2)C1. The van der Waals surface area contributed by atoms with Crippen LogP contribution in [0.5, 0.6) is 0 Å². The van der Waals surface area contributed by atoms with Crippen LogP contribution in [-0.2, 0) is 9.59 Å². The van der Waals surface area contributed by atoms with Gasteiger partial charge in [-0.2, -0.15) is 5.10 Å². The Morgan fingerprint density at radius 1 is 1.30 bits per heavy atom. The third-order valence-electron chi connectivity index (χ3n) is 3.79. The number of nitrogens with zero attached hydrogens (tertiary/aromatic N) is 4. The summed E-state index contributed by atoms with van der Waals surface area (Å²) in [4.78, 5) is 29.7. The predicted octanol–water partition coefficient (Wildman–Crippen LogP) is 0.818. The van der Waals surface area contributed by atoms with E-state index in [1.807, 2.05) is 26.0 Å². The first-order valence-corrected chi connectivity index (χ1v) is 7.55. The highest BCUT2D eigenvalue weighted by atomic mass is 16.2. The highest BCUT2D eigenvalue weighted by molar-refractivity contribution is 6.43. The molecule has 1 aromatic heterocycles. The molecule has 0 spiro atoms. The molecule has 1 aromatic rings. The van der Waals surface area contributed by atoms with Crippen molar-refractivity contribution in [1.29, 1.82) is 0 Å². The van der Waals surface area contributed by atoms with Gasteiger partial charge in [-0.25, -0.2) is 0 Å². The summed E-state index contributed by atoms with van der Waals surface area (Å²) in [6.45, 7) is 5.17.